The largest absolute Gasteiger partial charge is 0.507 e. The van der Waals surface area contributed by atoms with Crippen molar-refractivity contribution < 1.29 is 74.6 Å². The number of esters is 2. The number of fused-ring (bicyclic) bond motifs is 2. The van der Waals surface area contributed by atoms with Crippen molar-refractivity contribution in [1.29, 1.82) is 0 Å². The molecule has 0 amide bonds. The van der Waals surface area contributed by atoms with Crippen LogP contribution in [0.15, 0.2) is 61.2 Å². The first-order valence-corrected chi connectivity index (χ1v) is 20.0. The minimum absolute atomic E-state index is 0. The highest BCUT2D eigenvalue weighted by molar-refractivity contribution is 6.32. The van der Waals surface area contributed by atoms with Crippen molar-refractivity contribution in [3.63, 3.8) is 0 Å². The number of carbonyl (C=O) groups is 2. The summed E-state index contributed by atoms with van der Waals surface area (Å²) in [7, 11) is 2.14. The molecule has 2 fully saturated rings. The molecule has 6 heterocycles. The van der Waals surface area contributed by atoms with Crippen LogP contribution in [0.1, 0.15) is 90.3 Å². The van der Waals surface area contributed by atoms with E-state index in [9.17, 15) is 61.3 Å². The number of aromatic nitrogens is 6. The van der Waals surface area contributed by atoms with Gasteiger partial charge in [0.25, 0.3) is 0 Å². The van der Waals surface area contributed by atoms with Gasteiger partial charge in [0.15, 0.2) is 18.2 Å². The molecule has 0 spiro atoms. The van der Waals surface area contributed by atoms with E-state index >= 15 is 0 Å². The molecular weight excluding hydrogens is 946 g/mol. The van der Waals surface area contributed by atoms with Gasteiger partial charge in [0, 0.05) is 25.6 Å². The number of aromatic hydroxyl groups is 1. The molecule has 2 aliphatic rings. The highest BCUT2D eigenvalue weighted by Crippen LogP contribution is 2.45. The van der Waals surface area contributed by atoms with Gasteiger partial charge in [-0.1, -0.05) is 19.0 Å². The highest BCUT2D eigenvalue weighted by atomic mass is 35.5. The molecule has 0 aliphatic carbocycles. The number of halogens is 7. The maximum absolute atomic E-state index is 13.8. The zero-order valence-electron chi connectivity index (χ0n) is 34.7. The molecule has 4 aromatic heterocycles. The van der Waals surface area contributed by atoms with E-state index in [1.54, 1.807) is 0 Å². The summed E-state index contributed by atoms with van der Waals surface area (Å²) in [4.78, 5) is 50.6. The number of carbonyl (C=O) groups excluding carboxylic acids is 2. The minimum Gasteiger partial charge on any atom is -0.507 e. The number of phenols is 1. The average Bonchev–Trinajstić information content (AvgIpc) is 3.94. The molecule has 6 aromatic rings. The van der Waals surface area contributed by atoms with Crippen LogP contribution in [0.2, 0.25) is 5.15 Å². The molecular formula is C41H39ClF6N8O12. The molecule has 2 aliphatic heterocycles. The van der Waals surface area contributed by atoms with E-state index in [1.807, 2.05) is 0 Å². The van der Waals surface area contributed by atoms with Crippen LogP contribution in [-0.2, 0) is 31.3 Å². The van der Waals surface area contributed by atoms with Gasteiger partial charge in [0.1, 0.15) is 16.9 Å². The molecule has 0 bridgehead atoms. The molecule has 1 N–H and O–H groups in total. The Kier molecular flexibility index (Phi) is 16.5. The predicted molar refractivity (Wildman–Crippen MR) is 225 cm³/mol. The standard InChI is InChI=1S/C20H17F3N4O6.C13H13F3N2O2.C7H5ClN2O4.CH4/c1-31-19(28)11-7-8-24-18(16(11)27(29)30)33-17-12-10-25-26(15-4-2-3-9-32-15)14(12)6-5-13(17)20(21,22)23;14-13(15,16)9-4-5-10-8(12(9)19)7-17-18(10)11-3-1-2-6-20-11;1-14-7(11)4-2-3-9-6(8)5(4)10(12)13;/h5-8,10,15H,2-4,9H2,1H3;4-5,7,11,19H,1-3,6H2;2-3H,1H3;1H4. The van der Waals surface area contributed by atoms with Crippen molar-refractivity contribution in [2.45, 2.75) is 70.8 Å². The van der Waals surface area contributed by atoms with E-state index in [-0.39, 0.29) is 40.7 Å². The molecule has 68 heavy (non-hydrogen) atoms. The van der Waals surface area contributed by atoms with Gasteiger partial charge in [-0.15, -0.1) is 0 Å². The fourth-order valence-electron chi connectivity index (χ4n) is 6.99. The monoisotopic (exact) mass is 984 g/mol. The van der Waals surface area contributed by atoms with Crippen LogP contribution in [-0.4, -0.2) is 83.9 Å². The van der Waals surface area contributed by atoms with Crippen molar-refractivity contribution in [3.05, 3.63) is 109 Å². The third kappa shape index (κ3) is 11.1. The molecule has 2 atom stereocenters. The lowest BCUT2D eigenvalue weighted by molar-refractivity contribution is -0.386. The summed E-state index contributed by atoms with van der Waals surface area (Å²) in [6.07, 6.45) is -0.467. The minimum atomic E-state index is -4.85. The number of ether oxygens (including phenoxy) is 5. The van der Waals surface area contributed by atoms with Crippen molar-refractivity contribution in [3.8, 4) is 17.4 Å². The lowest BCUT2D eigenvalue weighted by Crippen LogP contribution is -2.19. The second-order valence-corrected chi connectivity index (χ2v) is 14.6. The van der Waals surface area contributed by atoms with Crippen LogP contribution in [0.4, 0.5) is 37.7 Å². The van der Waals surface area contributed by atoms with Gasteiger partial charge in [-0.2, -0.15) is 36.5 Å². The molecule has 2 aromatic carbocycles. The van der Waals surface area contributed by atoms with Crippen molar-refractivity contribution >= 4 is 56.7 Å². The van der Waals surface area contributed by atoms with Crippen molar-refractivity contribution in [1.82, 2.24) is 29.5 Å². The van der Waals surface area contributed by atoms with Gasteiger partial charge in [-0.3, -0.25) is 20.2 Å². The quantitative estimate of drug-likeness (QED) is 0.0489. The summed E-state index contributed by atoms with van der Waals surface area (Å²) in [5.74, 6) is -4.18. The normalized spacial score (nSPS) is 16.0. The third-order valence-corrected chi connectivity index (χ3v) is 10.4. The zero-order chi connectivity index (χ0) is 48.8. The van der Waals surface area contributed by atoms with Crippen LogP contribution in [0.5, 0.6) is 17.4 Å². The van der Waals surface area contributed by atoms with Gasteiger partial charge >= 0.3 is 41.5 Å². The summed E-state index contributed by atoms with van der Waals surface area (Å²) in [5, 5.41) is 39.9. The molecule has 2 saturated heterocycles. The Labute approximate surface area is 384 Å². The van der Waals surface area contributed by atoms with Crippen LogP contribution in [0.3, 0.4) is 0 Å². The van der Waals surface area contributed by atoms with Crippen molar-refractivity contribution in [2.24, 2.45) is 0 Å². The fourth-order valence-corrected chi connectivity index (χ4v) is 7.22. The van der Waals surface area contributed by atoms with E-state index in [0.29, 0.717) is 25.2 Å². The van der Waals surface area contributed by atoms with Gasteiger partial charge in [-0.05, 0) is 74.9 Å². The Balaban J connectivity index is 0.000000210. The maximum Gasteiger partial charge on any atom is 0.420 e. The van der Waals surface area contributed by atoms with Gasteiger partial charge in [0.05, 0.1) is 69.4 Å². The van der Waals surface area contributed by atoms with Crippen molar-refractivity contribution in [2.75, 3.05) is 27.4 Å². The lowest BCUT2D eigenvalue weighted by Gasteiger charge is -2.23. The second-order valence-electron chi connectivity index (χ2n) is 14.2. The van der Waals surface area contributed by atoms with Gasteiger partial charge < -0.3 is 28.8 Å². The third-order valence-electron chi connectivity index (χ3n) is 10.1. The Morgan fingerprint density at radius 1 is 0.735 bits per heavy atom. The van der Waals surface area contributed by atoms with Crippen LogP contribution in [0.25, 0.3) is 21.8 Å². The van der Waals surface area contributed by atoms with E-state index in [1.165, 1.54) is 46.2 Å². The Morgan fingerprint density at radius 3 is 1.68 bits per heavy atom. The second kappa shape index (κ2) is 21.6. The van der Waals surface area contributed by atoms with E-state index < -0.39 is 85.8 Å². The number of pyridine rings is 2. The predicted octanol–water partition coefficient (Wildman–Crippen LogP) is 10.2. The van der Waals surface area contributed by atoms with Gasteiger partial charge in [0.2, 0.25) is 5.15 Å². The smallest absolute Gasteiger partial charge is 0.420 e. The number of methoxy groups -OCH3 is 2. The summed E-state index contributed by atoms with van der Waals surface area (Å²) in [6.45, 7) is 1.10. The molecule has 2 unspecified atom stereocenters. The number of hydrogen-bond acceptors (Lipinski definition) is 16. The average molecular weight is 985 g/mol. The van der Waals surface area contributed by atoms with E-state index in [0.717, 1.165) is 70.7 Å². The number of rotatable bonds is 8. The SMILES string of the molecule is C.COC(=O)c1ccnc(Cl)c1[N+](=O)[O-].COC(=O)c1ccnc(Oc2c(C(F)(F)F)ccc3c2cnn3C2CCCCO2)c1[N+](=O)[O-].Oc1c(C(F)(F)F)ccc2c1cnn2C1CCCCO1. The number of phenolic OH excluding ortho intramolecular Hbond substituents is 1. The Morgan fingerprint density at radius 2 is 1.21 bits per heavy atom. The van der Waals surface area contributed by atoms with Gasteiger partial charge in [-0.25, -0.2) is 28.9 Å². The molecule has 364 valence electrons. The summed E-state index contributed by atoms with van der Waals surface area (Å²) < 4.78 is 108. The summed E-state index contributed by atoms with van der Waals surface area (Å²) in [6, 6.07) is 6.43. The first kappa shape index (κ1) is 51.8. The van der Waals surface area contributed by atoms with Crippen LogP contribution >= 0.6 is 11.6 Å². The molecule has 0 radical (unpaired) electrons. The number of hydrogen-bond donors (Lipinski definition) is 1. The topological polar surface area (TPSA) is 248 Å². The van der Waals surface area contributed by atoms with Crippen LogP contribution in [0, 0.1) is 20.2 Å². The summed E-state index contributed by atoms with van der Waals surface area (Å²) in [5.41, 5.74) is -3.68. The first-order chi connectivity index (χ1) is 31.8. The molecule has 27 heteroatoms. The summed E-state index contributed by atoms with van der Waals surface area (Å²) >= 11 is 5.46. The number of alkyl halides is 6. The Bertz CT molecular complexity index is 2810. The number of nitro groups is 2. The molecule has 20 nitrogen and oxygen atoms in total. The van der Waals surface area contributed by atoms with Crippen LogP contribution < -0.4 is 4.74 Å². The first-order valence-electron chi connectivity index (χ1n) is 19.6. The molecule has 8 rings (SSSR count). The van der Waals surface area contributed by atoms with E-state index in [4.69, 9.17) is 25.8 Å². The number of nitrogens with zero attached hydrogens (tertiary/aromatic N) is 8. The number of benzene rings is 2. The van der Waals surface area contributed by atoms with E-state index in [2.05, 4.69) is 29.6 Å². The molecule has 0 saturated carbocycles. The lowest BCUT2D eigenvalue weighted by atomic mass is 10.1. The maximum atomic E-state index is 13.8. The zero-order valence-corrected chi connectivity index (χ0v) is 35.5. The highest BCUT2D eigenvalue weighted by Gasteiger charge is 2.39. The Hall–Kier alpha value is -7.19. The fraction of sp³-hybridized carbons (Fsp3) is 0.366.